The van der Waals surface area contributed by atoms with Crippen LogP contribution in [0.2, 0.25) is 5.02 Å². The van der Waals surface area contributed by atoms with Gasteiger partial charge in [-0.15, -0.1) is 0 Å². The Morgan fingerprint density at radius 1 is 1.02 bits per heavy atom. The predicted molar refractivity (Wildman–Crippen MR) is 163 cm³/mol. The van der Waals surface area contributed by atoms with Gasteiger partial charge in [0.2, 0.25) is 11.8 Å². The maximum absolute atomic E-state index is 13.4. The van der Waals surface area contributed by atoms with Crippen molar-refractivity contribution in [3.63, 3.8) is 0 Å². The monoisotopic (exact) mass is 593 g/mol. The number of ether oxygens (including phenoxy) is 2. The Hall–Kier alpha value is -3.82. The van der Waals surface area contributed by atoms with Gasteiger partial charge in [-0.05, 0) is 86.0 Å². The van der Waals surface area contributed by atoms with Crippen molar-refractivity contribution >= 4 is 57.7 Å². The van der Waals surface area contributed by atoms with Gasteiger partial charge in [0.05, 0.1) is 24.5 Å². The van der Waals surface area contributed by atoms with E-state index in [1.165, 1.54) is 11.8 Å². The summed E-state index contributed by atoms with van der Waals surface area (Å²) in [6.45, 7) is 5.07. The minimum Gasteiger partial charge on any atom is -0.494 e. The quantitative estimate of drug-likeness (QED) is 0.255. The van der Waals surface area contributed by atoms with Crippen molar-refractivity contribution in [2.45, 2.75) is 38.4 Å². The highest BCUT2D eigenvalue weighted by molar-refractivity contribution is 8.15. The Kier molecular flexibility index (Phi) is 10.8. The van der Waals surface area contributed by atoms with Gasteiger partial charge < -0.3 is 14.8 Å². The molecule has 1 saturated heterocycles. The topological polar surface area (TPSA) is 97.3 Å². The zero-order valence-electron chi connectivity index (χ0n) is 23.0. The summed E-state index contributed by atoms with van der Waals surface area (Å²) in [5.74, 6) is -0.164. The first kappa shape index (κ1) is 30.1. The third-order valence-corrected chi connectivity index (χ3v) is 7.61. The van der Waals surface area contributed by atoms with Gasteiger partial charge in [-0.1, -0.05) is 42.4 Å². The highest BCUT2D eigenvalue weighted by atomic mass is 35.5. The molecule has 1 N–H and O–H groups in total. The van der Waals surface area contributed by atoms with Gasteiger partial charge in [0.25, 0.3) is 0 Å². The van der Waals surface area contributed by atoms with Crippen molar-refractivity contribution < 1.29 is 23.9 Å². The summed E-state index contributed by atoms with van der Waals surface area (Å²) in [4.78, 5) is 44.9. The first-order valence-electron chi connectivity index (χ1n) is 13.5. The summed E-state index contributed by atoms with van der Waals surface area (Å²) < 4.78 is 10.7. The van der Waals surface area contributed by atoms with Gasteiger partial charge in [0, 0.05) is 23.7 Å². The molecule has 1 aliphatic rings. The molecule has 214 valence electrons. The first-order valence-corrected chi connectivity index (χ1v) is 14.7. The van der Waals surface area contributed by atoms with Gasteiger partial charge in [0.1, 0.15) is 11.0 Å². The highest BCUT2D eigenvalue weighted by Gasteiger charge is 2.35. The third kappa shape index (κ3) is 8.58. The number of anilines is 1. The van der Waals surface area contributed by atoms with E-state index in [1.54, 1.807) is 60.4 Å². The molecule has 8 nitrogen and oxygen atoms in total. The average Bonchev–Trinajstić information content (AvgIpc) is 2.97. The van der Waals surface area contributed by atoms with Crippen molar-refractivity contribution in [3.8, 4) is 5.75 Å². The average molecular weight is 594 g/mol. The molecular weight excluding hydrogens is 562 g/mol. The number of carbonyl (C=O) groups is 3. The number of esters is 1. The summed E-state index contributed by atoms with van der Waals surface area (Å²) in [7, 11) is 0. The van der Waals surface area contributed by atoms with Crippen molar-refractivity contribution in [2.75, 3.05) is 25.1 Å². The molecule has 0 spiro atoms. The number of amides is 2. The number of carbonyl (C=O) groups excluding carboxylic acids is 3. The van der Waals surface area contributed by atoms with Crippen LogP contribution in [0.4, 0.5) is 11.4 Å². The lowest BCUT2D eigenvalue weighted by Gasteiger charge is -2.32. The van der Waals surface area contributed by atoms with E-state index in [2.05, 4.69) is 5.32 Å². The largest absolute Gasteiger partial charge is 0.494 e. The molecule has 4 rings (SSSR count). The summed E-state index contributed by atoms with van der Waals surface area (Å²) in [6, 6.07) is 21.2. The SMILES string of the molecule is CCCOc1ccc(NC(=O)C2CC(=O)N(CCc3ccc(Cl)cc3)C(=Nc3ccc(C(=O)OCC)cc3)S2)cc1. The lowest BCUT2D eigenvalue weighted by atomic mass is 10.1. The van der Waals surface area contributed by atoms with Crippen LogP contribution in [-0.2, 0) is 20.7 Å². The molecule has 0 bridgehead atoms. The highest BCUT2D eigenvalue weighted by Crippen LogP contribution is 2.30. The van der Waals surface area contributed by atoms with E-state index in [-0.39, 0.29) is 24.8 Å². The minimum absolute atomic E-state index is 0.0373. The zero-order chi connectivity index (χ0) is 29.2. The number of benzene rings is 3. The van der Waals surface area contributed by atoms with Crippen molar-refractivity contribution in [1.82, 2.24) is 4.90 Å². The number of nitrogens with zero attached hydrogens (tertiary/aromatic N) is 2. The normalized spacial score (nSPS) is 16.0. The maximum Gasteiger partial charge on any atom is 0.338 e. The number of hydrogen-bond donors (Lipinski definition) is 1. The number of thioether (sulfide) groups is 1. The molecule has 3 aromatic carbocycles. The van der Waals surface area contributed by atoms with E-state index in [4.69, 9.17) is 26.1 Å². The Bertz CT molecular complexity index is 1380. The number of rotatable bonds is 11. The molecule has 41 heavy (non-hydrogen) atoms. The minimum atomic E-state index is -0.664. The van der Waals surface area contributed by atoms with Crippen LogP contribution < -0.4 is 10.1 Å². The fourth-order valence-electron chi connectivity index (χ4n) is 4.03. The molecule has 10 heteroatoms. The molecule has 0 aliphatic carbocycles. The number of aliphatic imine (C=N–C) groups is 1. The van der Waals surface area contributed by atoms with Gasteiger partial charge >= 0.3 is 5.97 Å². The molecule has 1 atom stereocenters. The van der Waals surface area contributed by atoms with Crippen molar-refractivity contribution in [2.24, 2.45) is 4.99 Å². The van der Waals surface area contributed by atoms with Crippen LogP contribution in [0.3, 0.4) is 0 Å². The fourth-order valence-corrected chi connectivity index (χ4v) is 5.28. The van der Waals surface area contributed by atoms with E-state index < -0.39 is 11.2 Å². The van der Waals surface area contributed by atoms with E-state index in [9.17, 15) is 14.4 Å². The van der Waals surface area contributed by atoms with E-state index in [0.29, 0.717) is 46.7 Å². The predicted octanol–water partition coefficient (Wildman–Crippen LogP) is 6.51. The van der Waals surface area contributed by atoms with Crippen LogP contribution in [0.15, 0.2) is 77.8 Å². The lowest BCUT2D eigenvalue weighted by molar-refractivity contribution is -0.129. The van der Waals surface area contributed by atoms with Crippen LogP contribution >= 0.6 is 23.4 Å². The molecule has 1 aliphatic heterocycles. The van der Waals surface area contributed by atoms with Gasteiger partial charge in [-0.2, -0.15) is 0 Å². The Morgan fingerprint density at radius 3 is 2.39 bits per heavy atom. The van der Waals surface area contributed by atoms with Crippen LogP contribution in [0, 0.1) is 0 Å². The summed E-state index contributed by atoms with van der Waals surface area (Å²) in [5, 5.41) is 3.30. The Labute approximate surface area is 249 Å². The zero-order valence-corrected chi connectivity index (χ0v) is 24.5. The molecule has 1 unspecified atom stereocenters. The summed E-state index contributed by atoms with van der Waals surface area (Å²) in [5.41, 5.74) is 2.60. The first-order chi connectivity index (χ1) is 19.9. The van der Waals surface area contributed by atoms with Crippen LogP contribution in [0.5, 0.6) is 5.75 Å². The molecule has 0 radical (unpaired) electrons. The standard InChI is InChI=1S/C31H32ClN3O5S/c1-3-19-40-26-15-13-24(14-16-26)33-29(37)27-20-28(36)35(18-17-21-5-9-23(32)10-6-21)31(41-27)34-25-11-7-22(8-12-25)30(38)39-4-2/h5-16,27H,3-4,17-20H2,1-2H3,(H,33,37). The van der Waals surface area contributed by atoms with Gasteiger partial charge in [0.15, 0.2) is 5.17 Å². The second-order valence-electron chi connectivity index (χ2n) is 9.26. The third-order valence-electron chi connectivity index (χ3n) is 6.17. The second kappa shape index (κ2) is 14.7. The van der Waals surface area contributed by atoms with Gasteiger partial charge in [-0.25, -0.2) is 9.79 Å². The molecular formula is C31H32ClN3O5S. The Morgan fingerprint density at radius 2 is 1.73 bits per heavy atom. The molecule has 2 amide bonds. The number of nitrogens with one attached hydrogen (secondary N) is 1. The van der Waals surface area contributed by atoms with Gasteiger partial charge in [-0.3, -0.25) is 14.5 Å². The fraction of sp³-hybridized carbons (Fsp3) is 0.290. The second-order valence-corrected chi connectivity index (χ2v) is 10.9. The van der Waals surface area contributed by atoms with Crippen molar-refractivity contribution in [3.05, 3.63) is 88.9 Å². The van der Waals surface area contributed by atoms with Crippen LogP contribution in [-0.4, -0.2) is 52.9 Å². The molecule has 1 heterocycles. The molecule has 3 aromatic rings. The smallest absolute Gasteiger partial charge is 0.338 e. The molecule has 0 aromatic heterocycles. The number of amidine groups is 1. The Balaban J connectivity index is 1.52. The maximum atomic E-state index is 13.4. The van der Waals surface area contributed by atoms with Crippen LogP contribution in [0.1, 0.15) is 42.6 Å². The van der Waals surface area contributed by atoms with E-state index >= 15 is 0 Å². The number of hydrogen-bond acceptors (Lipinski definition) is 7. The summed E-state index contributed by atoms with van der Waals surface area (Å²) in [6.07, 6.45) is 1.53. The summed E-state index contributed by atoms with van der Waals surface area (Å²) >= 11 is 7.26. The lowest BCUT2D eigenvalue weighted by Crippen LogP contribution is -2.46. The molecule has 1 fully saturated rings. The molecule has 0 saturated carbocycles. The van der Waals surface area contributed by atoms with E-state index in [1.807, 2.05) is 31.2 Å². The van der Waals surface area contributed by atoms with Crippen molar-refractivity contribution in [1.29, 1.82) is 0 Å². The van der Waals surface area contributed by atoms with E-state index in [0.717, 1.165) is 17.7 Å². The number of halogens is 1. The van der Waals surface area contributed by atoms with Crippen LogP contribution in [0.25, 0.3) is 0 Å².